The number of nitrogens with zero attached hydrogens (tertiary/aromatic N) is 2. The molecular weight excluding hydrogens is 342 g/mol. The minimum absolute atomic E-state index is 0.0291. The van der Waals surface area contributed by atoms with Gasteiger partial charge in [-0.15, -0.1) is 11.8 Å². The molecule has 2 aromatic heterocycles. The van der Waals surface area contributed by atoms with Crippen molar-refractivity contribution < 1.29 is 18.5 Å². The third-order valence-corrected chi connectivity index (χ3v) is 4.87. The summed E-state index contributed by atoms with van der Waals surface area (Å²) < 4.78 is 10.3. The second-order valence-electron chi connectivity index (χ2n) is 6.09. The first-order valence-electron chi connectivity index (χ1n) is 8.20. The molecule has 0 spiro atoms. The summed E-state index contributed by atoms with van der Waals surface area (Å²) in [5, 5.41) is 6.35. The number of carbonyl (C=O) groups excluding carboxylic acids is 2. The van der Waals surface area contributed by atoms with Crippen LogP contribution in [0.2, 0.25) is 0 Å². The molecule has 1 aliphatic rings. The lowest BCUT2D eigenvalue weighted by molar-refractivity contribution is -0.131. The Kier molecular flexibility index (Phi) is 5.47. The standard InChI is InChI=1S/C17H21N3O4S/c1-11-8-15(19-24-11)18-16(21)9-25-10-17(22)20(13-5-6-13)12(2)14-4-3-7-23-14/h3-4,7-8,12-13H,5-6,9-10H2,1-2H3,(H,18,19,21)/t12-/m0/s1. The minimum atomic E-state index is -0.205. The fraction of sp³-hybridized carbons (Fsp3) is 0.471. The molecule has 0 aliphatic heterocycles. The van der Waals surface area contributed by atoms with E-state index < -0.39 is 0 Å². The third kappa shape index (κ3) is 4.66. The van der Waals surface area contributed by atoms with Crippen molar-refractivity contribution in [2.75, 3.05) is 16.8 Å². The third-order valence-electron chi connectivity index (χ3n) is 3.95. The molecule has 0 saturated heterocycles. The predicted molar refractivity (Wildman–Crippen MR) is 94.2 cm³/mol. The van der Waals surface area contributed by atoms with Gasteiger partial charge in [0, 0.05) is 12.1 Å². The average Bonchev–Trinajstić information content (AvgIpc) is 3.08. The number of nitrogens with one attached hydrogen (secondary N) is 1. The molecule has 2 heterocycles. The maximum Gasteiger partial charge on any atom is 0.235 e. The van der Waals surface area contributed by atoms with Crippen LogP contribution in [0.1, 0.15) is 37.3 Å². The van der Waals surface area contributed by atoms with Gasteiger partial charge >= 0.3 is 0 Å². The number of amides is 2. The number of carbonyl (C=O) groups is 2. The summed E-state index contributed by atoms with van der Waals surface area (Å²) in [5.74, 6) is 2.07. The molecule has 2 amide bonds. The zero-order valence-electron chi connectivity index (χ0n) is 14.2. The molecule has 1 fully saturated rings. The van der Waals surface area contributed by atoms with Crippen molar-refractivity contribution in [3.63, 3.8) is 0 Å². The number of anilines is 1. The lowest BCUT2D eigenvalue weighted by atomic mass is 10.2. The van der Waals surface area contributed by atoms with Gasteiger partial charge in [0.2, 0.25) is 11.8 Å². The molecule has 1 atom stereocenters. The van der Waals surface area contributed by atoms with Crippen molar-refractivity contribution in [2.45, 2.75) is 38.8 Å². The van der Waals surface area contributed by atoms with Gasteiger partial charge in [0.15, 0.2) is 5.82 Å². The molecule has 0 radical (unpaired) electrons. The van der Waals surface area contributed by atoms with E-state index in [0.29, 0.717) is 11.6 Å². The lowest BCUT2D eigenvalue weighted by Gasteiger charge is -2.28. The fourth-order valence-corrected chi connectivity index (χ4v) is 3.35. The highest BCUT2D eigenvalue weighted by atomic mass is 32.2. The molecule has 2 aromatic rings. The first-order valence-corrected chi connectivity index (χ1v) is 9.35. The Morgan fingerprint density at radius 2 is 2.24 bits per heavy atom. The van der Waals surface area contributed by atoms with E-state index in [1.807, 2.05) is 24.0 Å². The van der Waals surface area contributed by atoms with Gasteiger partial charge in [-0.1, -0.05) is 5.16 Å². The van der Waals surface area contributed by atoms with Crippen LogP contribution in [0.15, 0.2) is 33.4 Å². The van der Waals surface area contributed by atoms with Crippen LogP contribution >= 0.6 is 11.8 Å². The van der Waals surface area contributed by atoms with Crippen molar-refractivity contribution in [1.29, 1.82) is 0 Å². The van der Waals surface area contributed by atoms with Gasteiger partial charge < -0.3 is 19.2 Å². The minimum Gasteiger partial charge on any atom is -0.467 e. The van der Waals surface area contributed by atoms with E-state index in [9.17, 15) is 9.59 Å². The molecule has 7 nitrogen and oxygen atoms in total. The molecule has 0 bridgehead atoms. The number of aryl methyl sites for hydroxylation is 1. The van der Waals surface area contributed by atoms with Gasteiger partial charge in [-0.3, -0.25) is 9.59 Å². The Hall–Kier alpha value is -2.22. The number of aromatic nitrogens is 1. The van der Waals surface area contributed by atoms with Crippen molar-refractivity contribution in [2.24, 2.45) is 0 Å². The second kappa shape index (κ2) is 7.77. The number of thioether (sulfide) groups is 1. The normalized spacial score (nSPS) is 15.0. The Morgan fingerprint density at radius 3 is 2.84 bits per heavy atom. The molecule has 1 N–H and O–H groups in total. The van der Waals surface area contributed by atoms with Gasteiger partial charge in [0.25, 0.3) is 0 Å². The summed E-state index contributed by atoms with van der Waals surface area (Å²) in [6.07, 6.45) is 3.66. The highest BCUT2D eigenvalue weighted by Crippen LogP contribution is 2.35. The van der Waals surface area contributed by atoms with Crippen LogP contribution < -0.4 is 5.32 Å². The summed E-state index contributed by atoms with van der Waals surface area (Å²) in [4.78, 5) is 26.4. The molecule has 8 heteroatoms. The Bertz CT molecular complexity index is 724. The highest BCUT2D eigenvalue weighted by Gasteiger charge is 2.36. The van der Waals surface area contributed by atoms with Crippen molar-refractivity contribution in [1.82, 2.24) is 10.1 Å². The van der Waals surface area contributed by atoms with Gasteiger partial charge in [0.05, 0.1) is 23.8 Å². The monoisotopic (exact) mass is 363 g/mol. The molecular formula is C17H21N3O4S. The molecule has 1 saturated carbocycles. The smallest absolute Gasteiger partial charge is 0.235 e. The van der Waals surface area contributed by atoms with Crippen LogP contribution in [0.25, 0.3) is 0 Å². The van der Waals surface area contributed by atoms with E-state index in [1.165, 1.54) is 11.8 Å². The Labute approximate surface area is 150 Å². The lowest BCUT2D eigenvalue weighted by Crippen LogP contribution is -2.36. The van der Waals surface area contributed by atoms with E-state index in [2.05, 4.69) is 10.5 Å². The molecule has 3 rings (SSSR count). The van der Waals surface area contributed by atoms with Crippen molar-refractivity contribution >= 4 is 29.4 Å². The van der Waals surface area contributed by atoms with Gasteiger partial charge in [0.1, 0.15) is 11.5 Å². The van der Waals surface area contributed by atoms with E-state index in [4.69, 9.17) is 8.94 Å². The quantitative estimate of drug-likeness (QED) is 0.776. The van der Waals surface area contributed by atoms with Crippen LogP contribution in [0.5, 0.6) is 0 Å². The van der Waals surface area contributed by atoms with Crippen LogP contribution in [0.4, 0.5) is 5.82 Å². The van der Waals surface area contributed by atoms with Gasteiger partial charge in [-0.2, -0.15) is 0 Å². The number of hydrogen-bond donors (Lipinski definition) is 1. The average molecular weight is 363 g/mol. The summed E-state index contributed by atoms with van der Waals surface area (Å²) in [6, 6.07) is 5.54. The zero-order valence-corrected chi connectivity index (χ0v) is 15.0. The molecule has 25 heavy (non-hydrogen) atoms. The zero-order chi connectivity index (χ0) is 17.8. The second-order valence-corrected chi connectivity index (χ2v) is 7.07. The topological polar surface area (TPSA) is 88.6 Å². The van der Waals surface area contributed by atoms with Crippen LogP contribution in [-0.4, -0.2) is 39.4 Å². The predicted octanol–water partition coefficient (Wildman–Crippen LogP) is 3.00. The number of rotatable bonds is 8. The summed E-state index contributed by atoms with van der Waals surface area (Å²) in [5.41, 5.74) is 0. The highest BCUT2D eigenvalue weighted by molar-refractivity contribution is 8.00. The molecule has 134 valence electrons. The largest absolute Gasteiger partial charge is 0.467 e. The number of hydrogen-bond acceptors (Lipinski definition) is 6. The fourth-order valence-electron chi connectivity index (χ4n) is 2.66. The van der Waals surface area contributed by atoms with E-state index in [0.717, 1.165) is 18.6 Å². The van der Waals surface area contributed by atoms with Crippen molar-refractivity contribution in [3.05, 3.63) is 36.0 Å². The summed E-state index contributed by atoms with van der Waals surface area (Å²) in [7, 11) is 0. The van der Waals surface area contributed by atoms with Gasteiger partial charge in [-0.05, 0) is 38.8 Å². The van der Waals surface area contributed by atoms with E-state index in [-0.39, 0.29) is 35.4 Å². The van der Waals surface area contributed by atoms with Crippen LogP contribution in [0, 0.1) is 6.92 Å². The summed E-state index contributed by atoms with van der Waals surface area (Å²) in [6.45, 7) is 3.72. The molecule has 1 aliphatic carbocycles. The Balaban J connectivity index is 1.48. The SMILES string of the molecule is Cc1cc(NC(=O)CSCC(=O)N(C2CC2)[C@@H](C)c2ccco2)no1. The Morgan fingerprint density at radius 1 is 1.44 bits per heavy atom. The van der Waals surface area contributed by atoms with Gasteiger partial charge in [-0.25, -0.2) is 0 Å². The van der Waals surface area contributed by atoms with Crippen molar-refractivity contribution in [3.8, 4) is 0 Å². The first-order chi connectivity index (χ1) is 12.0. The number of furan rings is 1. The first kappa shape index (κ1) is 17.6. The maximum atomic E-state index is 12.6. The maximum absolute atomic E-state index is 12.6. The van der Waals surface area contributed by atoms with E-state index >= 15 is 0 Å². The molecule has 0 aromatic carbocycles. The van der Waals surface area contributed by atoms with E-state index in [1.54, 1.807) is 19.3 Å². The molecule has 0 unspecified atom stereocenters. The van der Waals surface area contributed by atoms with Crippen LogP contribution in [0.3, 0.4) is 0 Å². The van der Waals surface area contributed by atoms with Crippen LogP contribution in [-0.2, 0) is 9.59 Å². The summed E-state index contributed by atoms with van der Waals surface area (Å²) >= 11 is 1.29.